The van der Waals surface area contributed by atoms with Crippen molar-refractivity contribution >= 4 is 16.7 Å². The van der Waals surface area contributed by atoms with Gasteiger partial charge in [-0.15, -0.1) is 0 Å². The van der Waals surface area contributed by atoms with E-state index in [1.807, 2.05) is 6.07 Å². The molecule has 1 aliphatic heterocycles. The van der Waals surface area contributed by atoms with Gasteiger partial charge in [-0.1, -0.05) is 6.07 Å². The predicted octanol–water partition coefficient (Wildman–Crippen LogP) is 1.97. The van der Waals surface area contributed by atoms with Crippen LogP contribution >= 0.6 is 0 Å². The first-order valence-electron chi connectivity index (χ1n) is 7.02. The Balaban J connectivity index is 2.01. The van der Waals surface area contributed by atoms with Crippen LogP contribution in [0.3, 0.4) is 0 Å². The Morgan fingerprint density at radius 1 is 1.43 bits per heavy atom. The summed E-state index contributed by atoms with van der Waals surface area (Å²) in [4.78, 5) is 24.1. The number of methoxy groups -OCH3 is 1. The molecule has 5 heteroatoms. The van der Waals surface area contributed by atoms with Gasteiger partial charge in [-0.3, -0.25) is 4.79 Å². The largest absolute Gasteiger partial charge is 0.465 e. The van der Waals surface area contributed by atoms with Gasteiger partial charge in [0.2, 0.25) is 0 Å². The highest BCUT2D eigenvalue weighted by molar-refractivity contribution is 5.95. The first-order valence-corrected chi connectivity index (χ1v) is 7.02. The summed E-state index contributed by atoms with van der Waals surface area (Å²) >= 11 is 0. The van der Waals surface area contributed by atoms with Crippen LogP contribution in [0.2, 0.25) is 0 Å². The van der Waals surface area contributed by atoms with Gasteiger partial charge < -0.3 is 14.0 Å². The van der Waals surface area contributed by atoms with Crippen LogP contribution in [-0.2, 0) is 16.0 Å². The molecule has 0 radical (unpaired) electrons. The summed E-state index contributed by atoms with van der Waals surface area (Å²) in [6.45, 7) is 1.32. The lowest BCUT2D eigenvalue weighted by Crippen LogP contribution is -2.26. The van der Waals surface area contributed by atoms with E-state index in [2.05, 4.69) is 0 Å². The minimum Gasteiger partial charge on any atom is -0.465 e. The van der Waals surface area contributed by atoms with E-state index in [0.29, 0.717) is 17.5 Å². The number of aromatic nitrogens is 1. The van der Waals surface area contributed by atoms with Gasteiger partial charge >= 0.3 is 5.97 Å². The third-order valence-corrected chi connectivity index (χ3v) is 3.82. The number of rotatable bonds is 3. The van der Waals surface area contributed by atoms with Crippen LogP contribution < -0.4 is 5.56 Å². The average molecular weight is 287 g/mol. The molecule has 3 rings (SSSR count). The van der Waals surface area contributed by atoms with Crippen LogP contribution in [0.1, 0.15) is 23.2 Å². The van der Waals surface area contributed by atoms with Gasteiger partial charge in [0.1, 0.15) is 0 Å². The average Bonchev–Trinajstić information content (AvgIpc) is 3.02. The van der Waals surface area contributed by atoms with Crippen molar-refractivity contribution in [3.8, 4) is 0 Å². The SMILES string of the molecule is COC(=O)c1ccc2ccn(C[C@H]3CCCO3)c(=O)c2c1. The van der Waals surface area contributed by atoms with Crippen molar-refractivity contribution in [2.45, 2.75) is 25.5 Å². The molecular weight excluding hydrogens is 270 g/mol. The van der Waals surface area contributed by atoms with E-state index in [4.69, 9.17) is 9.47 Å². The van der Waals surface area contributed by atoms with Crippen molar-refractivity contribution in [2.75, 3.05) is 13.7 Å². The Morgan fingerprint density at radius 2 is 2.29 bits per heavy atom. The quantitative estimate of drug-likeness (QED) is 0.810. The van der Waals surface area contributed by atoms with Crippen LogP contribution in [0.4, 0.5) is 0 Å². The zero-order valence-corrected chi connectivity index (χ0v) is 11.9. The molecule has 0 spiro atoms. The molecule has 1 aromatic heterocycles. The second kappa shape index (κ2) is 5.69. The molecule has 2 heterocycles. The summed E-state index contributed by atoms with van der Waals surface area (Å²) in [5, 5.41) is 1.34. The highest BCUT2D eigenvalue weighted by atomic mass is 16.5. The number of nitrogens with zero attached hydrogens (tertiary/aromatic N) is 1. The van der Waals surface area contributed by atoms with Gasteiger partial charge in [0, 0.05) is 18.2 Å². The number of carbonyl (C=O) groups is 1. The summed E-state index contributed by atoms with van der Waals surface area (Å²) in [5.74, 6) is -0.439. The second-order valence-corrected chi connectivity index (χ2v) is 5.20. The van der Waals surface area contributed by atoms with Crippen LogP contribution in [0, 0.1) is 0 Å². The first kappa shape index (κ1) is 13.8. The third kappa shape index (κ3) is 2.69. The molecule has 0 bridgehead atoms. The normalized spacial score (nSPS) is 18.0. The van der Waals surface area contributed by atoms with E-state index in [9.17, 15) is 9.59 Å². The molecule has 5 nitrogen and oxygen atoms in total. The number of esters is 1. The van der Waals surface area contributed by atoms with Crippen molar-refractivity contribution in [3.63, 3.8) is 0 Å². The van der Waals surface area contributed by atoms with E-state index >= 15 is 0 Å². The van der Waals surface area contributed by atoms with Gasteiger partial charge in [0.15, 0.2) is 0 Å². The fourth-order valence-electron chi connectivity index (χ4n) is 2.68. The molecule has 0 aliphatic carbocycles. The smallest absolute Gasteiger partial charge is 0.337 e. The maximum Gasteiger partial charge on any atom is 0.337 e. The van der Waals surface area contributed by atoms with Crippen molar-refractivity contribution in [1.29, 1.82) is 0 Å². The Bertz CT molecular complexity index is 729. The van der Waals surface area contributed by atoms with E-state index in [-0.39, 0.29) is 11.7 Å². The molecule has 1 aromatic carbocycles. The molecule has 1 aliphatic rings. The van der Waals surface area contributed by atoms with E-state index < -0.39 is 5.97 Å². The van der Waals surface area contributed by atoms with Crippen LogP contribution in [0.5, 0.6) is 0 Å². The number of hydrogen-bond donors (Lipinski definition) is 0. The Labute approximate surface area is 122 Å². The maximum atomic E-state index is 12.5. The van der Waals surface area contributed by atoms with Gasteiger partial charge in [-0.2, -0.15) is 0 Å². The zero-order valence-electron chi connectivity index (χ0n) is 11.9. The lowest BCUT2D eigenvalue weighted by atomic mass is 10.1. The molecule has 1 atom stereocenters. The van der Waals surface area contributed by atoms with Crippen molar-refractivity contribution in [3.05, 3.63) is 46.4 Å². The molecule has 0 saturated carbocycles. The number of pyridine rings is 1. The molecule has 0 unspecified atom stereocenters. The lowest BCUT2D eigenvalue weighted by Gasteiger charge is -2.12. The minimum absolute atomic E-state index is 0.101. The number of hydrogen-bond acceptors (Lipinski definition) is 4. The van der Waals surface area contributed by atoms with Crippen molar-refractivity contribution < 1.29 is 14.3 Å². The molecule has 1 fully saturated rings. The summed E-state index contributed by atoms with van der Waals surface area (Å²) in [6.07, 6.45) is 3.90. The molecule has 0 N–H and O–H groups in total. The summed E-state index contributed by atoms with van der Waals surface area (Å²) in [6, 6.07) is 6.90. The third-order valence-electron chi connectivity index (χ3n) is 3.82. The molecule has 1 saturated heterocycles. The number of ether oxygens (including phenoxy) is 2. The first-order chi connectivity index (χ1) is 10.2. The fourth-order valence-corrected chi connectivity index (χ4v) is 2.68. The Hall–Kier alpha value is -2.14. The molecule has 110 valence electrons. The standard InChI is InChI=1S/C16H17NO4/c1-20-16(19)12-5-4-11-6-7-17(15(18)14(11)9-12)10-13-3-2-8-21-13/h4-7,9,13H,2-3,8,10H2,1H3/t13-/m1/s1. The second-order valence-electron chi connectivity index (χ2n) is 5.20. The Kier molecular flexibility index (Phi) is 3.75. The number of benzene rings is 1. The fraction of sp³-hybridized carbons (Fsp3) is 0.375. The van der Waals surface area contributed by atoms with Gasteiger partial charge in [0.25, 0.3) is 5.56 Å². The van der Waals surface area contributed by atoms with Crippen LogP contribution in [0.25, 0.3) is 10.8 Å². The van der Waals surface area contributed by atoms with Crippen molar-refractivity contribution in [1.82, 2.24) is 4.57 Å². The summed E-state index contributed by atoms with van der Waals surface area (Å²) < 4.78 is 11.9. The maximum absolute atomic E-state index is 12.5. The van der Waals surface area contributed by atoms with E-state index in [1.54, 1.807) is 29.0 Å². The van der Waals surface area contributed by atoms with Crippen LogP contribution in [-0.4, -0.2) is 30.4 Å². The zero-order chi connectivity index (χ0) is 14.8. The molecular formula is C16H17NO4. The highest BCUT2D eigenvalue weighted by Gasteiger charge is 2.17. The molecule has 0 amide bonds. The van der Waals surface area contributed by atoms with E-state index in [1.165, 1.54) is 7.11 Å². The minimum atomic E-state index is -0.439. The van der Waals surface area contributed by atoms with Gasteiger partial charge in [-0.25, -0.2) is 4.79 Å². The topological polar surface area (TPSA) is 57.5 Å². The van der Waals surface area contributed by atoms with Crippen molar-refractivity contribution in [2.24, 2.45) is 0 Å². The Morgan fingerprint density at radius 3 is 3.00 bits per heavy atom. The number of fused-ring (bicyclic) bond motifs is 1. The molecule has 2 aromatic rings. The highest BCUT2D eigenvalue weighted by Crippen LogP contribution is 2.16. The number of carbonyl (C=O) groups excluding carboxylic acids is 1. The summed E-state index contributed by atoms with van der Waals surface area (Å²) in [5.41, 5.74) is 0.283. The predicted molar refractivity (Wildman–Crippen MR) is 78.5 cm³/mol. The molecule has 21 heavy (non-hydrogen) atoms. The lowest BCUT2D eigenvalue weighted by molar-refractivity contribution is 0.0601. The van der Waals surface area contributed by atoms with E-state index in [0.717, 1.165) is 24.8 Å². The van der Waals surface area contributed by atoms with Crippen LogP contribution in [0.15, 0.2) is 35.3 Å². The summed E-state index contributed by atoms with van der Waals surface area (Å²) in [7, 11) is 1.33. The van der Waals surface area contributed by atoms with Gasteiger partial charge in [-0.05, 0) is 36.4 Å². The van der Waals surface area contributed by atoms with Gasteiger partial charge in [0.05, 0.1) is 25.3 Å². The monoisotopic (exact) mass is 287 g/mol.